The number of amides is 5. The third-order valence-corrected chi connectivity index (χ3v) is 11.9. The number of nitrogens with zero attached hydrogens (tertiary/aromatic N) is 4. The lowest BCUT2D eigenvalue weighted by Gasteiger charge is -2.63. The molecule has 3 heterocycles. The van der Waals surface area contributed by atoms with Crippen molar-refractivity contribution in [1.82, 2.24) is 20.4 Å². The lowest BCUT2D eigenvalue weighted by molar-refractivity contribution is -0.164. The molecular formula is C41H41ClF2N6O6. The topological polar surface area (TPSA) is 152 Å². The quantitative estimate of drug-likeness (QED) is 0.290. The lowest BCUT2D eigenvalue weighted by Crippen LogP contribution is -2.74. The molecule has 292 valence electrons. The molecule has 0 spiro atoms. The summed E-state index contributed by atoms with van der Waals surface area (Å²) in [6, 6.07) is 12.7. The van der Waals surface area contributed by atoms with Crippen LogP contribution in [0, 0.1) is 33.8 Å². The number of piperazine rings is 1. The van der Waals surface area contributed by atoms with Crippen LogP contribution in [0.15, 0.2) is 48.5 Å². The summed E-state index contributed by atoms with van der Waals surface area (Å²) in [7, 11) is 0. The number of hydrogen-bond donors (Lipinski definition) is 2. The monoisotopic (exact) mass is 786 g/mol. The molecule has 3 aliphatic heterocycles. The Hall–Kier alpha value is -5.39. The number of benzene rings is 3. The second kappa shape index (κ2) is 14.6. The molecule has 3 aromatic carbocycles. The minimum absolute atomic E-state index is 0.0433. The second-order valence-corrected chi connectivity index (χ2v) is 16.4. The molecule has 1 atom stereocenters. The summed E-state index contributed by atoms with van der Waals surface area (Å²) >= 11 is 6.19. The number of halogens is 3. The predicted molar refractivity (Wildman–Crippen MR) is 201 cm³/mol. The van der Waals surface area contributed by atoms with Crippen LogP contribution in [0.2, 0.25) is 5.02 Å². The number of carbonyl (C=O) groups excluding carboxylic acids is 5. The Balaban J connectivity index is 0.928. The molecule has 15 heteroatoms. The SMILES string of the molecule is CC1(C)[C@H](NC(=O)c2c(F)cc(CCN3CCN(c4ccc5c(c4)C(=O)N(C4CCC(=O)NC4=O)C5=O)CC3)cc2F)C(C)(C)[C@H]1Oc1ccc(C#N)c(Cl)c1. The van der Waals surface area contributed by atoms with Gasteiger partial charge in [0.1, 0.15) is 41.2 Å². The first-order valence-corrected chi connectivity index (χ1v) is 18.9. The summed E-state index contributed by atoms with van der Waals surface area (Å²) in [6.45, 7) is 10.6. The average molecular weight is 787 g/mol. The third-order valence-electron chi connectivity index (χ3n) is 11.6. The smallest absolute Gasteiger partial charge is 0.262 e. The third kappa shape index (κ3) is 6.87. The number of rotatable bonds is 9. The highest BCUT2D eigenvalue weighted by atomic mass is 35.5. The number of imide groups is 2. The van der Waals surface area contributed by atoms with E-state index in [4.69, 9.17) is 16.3 Å². The van der Waals surface area contributed by atoms with E-state index in [0.29, 0.717) is 56.0 Å². The van der Waals surface area contributed by atoms with E-state index in [2.05, 4.69) is 20.4 Å². The van der Waals surface area contributed by atoms with Gasteiger partial charge in [-0.3, -0.25) is 39.1 Å². The standard InChI is InChI=1S/C41H41ClF2N6O6/c1-40(2)38(41(3,4)39(40)56-25-7-5-23(21-45)28(42)20-25)47-35(53)33-29(43)17-22(18-30(33)44)11-12-48-13-15-49(16-14-48)24-6-8-26-27(19-24)37(55)50(36(26)54)31-9-10-32(51)46-34(31)52/h5-8,17-20,31,38-39H,9-16H2,1-4H3,(H,47,53)(H,46,51,52)/t31?,38-,39-. The summed E-state index contributed by atoms with van der Waals surface area (Å²) in [6.07, 6.45) is 0.0896. The number of nitrogens with one attached hydrogen (secondary N) is 2. The van der Waals surface area contributed by atoms with Crippen molar-refractivity contribution >= 4 is 46.8 Å². The van der Waals surface area contributed by atoms with E-state index in [0.717, 1.165) is 10.6 Å². The summed E-state index contributed by atoms with van der Waals surface area (Å²) in [5.41, 5.74) is 0.0318. The van der Waals surface area contributed by atoms with E-state index in [9.17, 15) is 29.2 Å². The van der Waals surface area contributed by atoms with Crippen molar-refractivity contribution in [2.45, 2.75) is 65.1 Å². The van der Waals surface area contributed by atoms with Crippen LogP contribution in [-0.2, 0) is 16.0 Å². The van der Waals surface area contributed by atoms with Crippen LogP contribution in [0.1, 0.15) is 82.7 Å². The van der Waals surface area contributed by atoms with Gasteiger partial charge in [0.25, 0.3) is 17.7 Å². The zero-order valence-electron chi connectivity index (χ0n) is 31.4. The van der Waals surface area contributed by atoms with Gasteiger partial charge >= 0.3 is 0 Å². The molecule has 5 amide bonds. The van der Waals surface area contributed by atoms with Gasteiger partial charge < -0.3 is 15.0 Å². The van der Waals surface area contributed by atoms with Crippen molar-refractivity contribution in [1.29, 1.82) is 5.26 Å². The van der Waals surface area contributed by atoms with Crippen molar-refractivity contribution in [2.24, 2.45) is 10.8 Å². The van der Waals surface area contributed by atoms with E-state index >= 15 is 8.78 Å². The maximum Gasteiger partial charge on any atom is 0.262 e. The molecule has 3 aromatic rings. The maximum atomic E-state index is 15.4. The Morgan fingerprint density at radius 1 is 0.946 bits per heavy atom. The molecule has 0 radical (unpaired) electrons. The normalized spacial score (nSPS) is 22.9. The van der Waals surface area contributed by atoms with E-state index in [-0.39, 0.29) is 35.1 Å². The van der Waals surface area contributed by atoms with Crippen molar-refractivity contribution in [2.75, 3.05) is 37.6 Å². The molecule has 2 saturated heterocycles. The lowest BCUT2D eigenvalue weighted by atomic mass is 9.49. The number of hydrogen-bond acceptors (Lipinski definition) is 9. The Bertz CT molecular complexity index is 2170. The molecule has 2 N–H and O–H groups in total. The Morgan fingerprint density at radius 3 is 2.23 bits per heavy atom. The van der Waals surface area contributed by atoms with E-state index in [1.54, 1.807) is 36.4 Å². The first kappa shape index (κ1) is 38.9. The number of carbonyl (C=O) groups is 5. The molecule has 12 nitrogen and oxygen atoms in total. The van der Waals surface area contributed by atoms with Crippen LogP contribution in [0.3, 0.4) is 0 Å². The molecule has 7 rings (SSSR count). The number of nitriles is 1. The van der Waals surface area contributed by atoms with Crippen LogP contribution >= 0.6 is 11.6 Å². The van der Waals surface area contributed by atoms with Gasteiger partial charge in [0.2, 0.25) is 11.8 Å². The van der Waals surface area contributed by atoms with Gasteiger partial charge in [0.05, 0.1) is 21.7 Å². The Kier molecular flexibility index (Phi) is 10.1. The highest BCUT2D eigenvalue weighted by Crippen LogP contribution is 2.55. The largest absolute Gasteiger partial charge is 0.489 e. The molecule has 4 aliphatic rings. The van der Waals surface area contributed by atoms with E-state index in [1.165, 1.54) is 12.1 Å². The second-order valence-electron chi connectivity index (χ2n) is 16.0. The number of piperidine rings is 1. The molecule has 0 bridgehead atoms. The van der Waals surface area contributed by atoms with Crippen LogP contribution < -0.4 is 20.3 Å². The molecular weight excluding hydrogens is 746 g/mol. The molecule has 3 fully saturated rings. The van der Waals surface area contributed by atoms with Gasteiger partial charge in [0.15, 0.2) is 0 Å². The number of fused-ring (bicyclic) bond motifs is 1. The van der Waals surface area contributed by atoms with Gasteiger partial charge in [-0.25, -0.2) is 8.78 Å². The predicted octanol–water partition coefficient (Wildman–Crippen LogP) is 4.87. The van der Waals surface area contributed by atoms with Crippen LogP contribution in [0.5, 0.6) is 5.75 Å². The summed E-state index contributed by atoms with van der Waals surface area (Å²) < 4.78 is 37.1. The van der Waals surface area contributed by atoms with Crippen LogP contribution in [0.4, 0.5) is 14.5 Å². The zero-order valence-corrected chi connectivity index (χ0v) is 32.1. The molecule has 1 saturated carbocycles. The average Bonchev–Trinajstić information content (AvgIpc) is 3.39. The zero-order chi connectivity index (χ0) is 40.3. The van der Waals surface area contributed by atoms with Gasteiger partial charge in [-0.2, -0.15) is 5.26 Å². The Labute approximate surface area is 327 Å². The summed E-state index contributed by atoms with van der Waals surface area (Å²) in [5, 5.41) is 14.5. The minimum atomic E-state index is -1.04. The fraction of sp³-hybridized carbons (Fsp3) is 0.415. The van der Waals surface area contributed by atoms with Crippen molar-refractivity contribution in [3.63, 3.8) is 0 Å². The summed E-state index contributed by atoms with van der Waals surface area (Å²) in [4.78, 5) is 68.9. The molecule has 0 aromatic heterocycles. The highest BCUT2D eigenvalue weighted by molar-refractivity contribution is 6.31. The highest BCUT2D eigenvalue weighted by Gasteiger charge is 2.64. The van der Waals surface area contributed by atoms with Crippen LogP contribution in [0.25, 0.3) is 0 Å². The fourth-order valence-corrected chi connectivity index (χ4v) is 9.17. The Morgan fingerprint density at radius 2 is 1.61 bits per heavy atom. The minimum Gasteiger partial charge on any atom is -0.489 e. The van der Waals surface area contributed by atoms with Gasteiger partial charge in [0, 0.05) is 67.8 Å². The van der Waals surface area contributed by atoms with Crippen molar-refractivity contribution < 1.29 is 37.5 Å². The van der Waals surface area contributed by atoms with Crippen molar-refractivity contribution in [3.8, 4) is 11.8 Å². The molecule has 1 aliphatic carbocycles. The van der Waals surface area contributed by atoms with Gasteiger partial charge in [-0.15, -0.1) is 0 Å². The number of anilines is 1. The van der Waals surface area contributed by atoms with Gasteiger partial charge in [-0.05, 0) is 60.9 Å². The van der Waals surface area contributed by atoms with Crippen molar-refractivity contribution in [3.05, 3.63) is 93.0 Å². The molecule has 56 heavy (non-hydrogen) atoms. The van der Waals surface area contributed by atoms with Gasteiger partial charge in [-0.1, -0.05) is 39.3 Å². The molecule has 1 unspecified atom stereocenters. The summed E-state index contributed by atoms with van der Waals surface area (Å²) in [5.74, 6) is -4.50. The first-order chi connectivity index (χ1) is 26.5. The van der Waals surface area contributed by atoms with Crippen LogP contribution in [-0.4, -0.2) is 90.2 Å². The van der Waals surface area contributed by atoms with E-state index in [1.807, 2.05) is 33.8 Å². The fourth-order valence-electron chi connectivity index (χ4n) is 8.96. The number of ether oxygens (including phenoxy) is 1. The van der Waals surface area contributed by atoms with E-state index < -0.39 is 69.6 Å². The maximum absolute atomic E-state index is 15.4. The first-order valence-electron chi connectivity index (χ1n) is 18.5.